The molecule has 1 nitrogen and oxygen atoms in total. The Morgan fingerprint density at radius 1 is 1.00 bits per heavy atom. The minimum atomic E-state index is -0.0727. The van der Waals surface area contributed by atoms with Crippen LogP contribution in [0.5, 0.6) is 0 Å². The van der Waals surface area contributed by atoms with Crippen molar-refractivity contribution in [3.8, 4) is 0 Å². The molecule has 1 unspecified atom stereocenters. The van der Waals surface area contributed by atoms with Gasteiger partial charge < -0.3 is 5.11 Å². The van der Waals surface area contributed by atoms with Gasteiger partial charge in [0.15, 0.2) is 0 Å². The first-order chi connectivity index (χ1) is 13.3. The number of allylic oxidation sites excluding steroid dienone is 2. The van der Waals surface area contributed by atoms with Crippen molar-refractivity contribution < 1.29 is 5.11 Å². The van der Waals surface area contributed by atoms with Gasteiger partial charge >= 0.3 is 0 Å². The first kappa shape index (κ1) is 21.0. The predicted molar refractivity (Wildman–Crippen MR) is 119 cm³/mol. The summed E-state index contributed by atoms with van der Waals surface area (Å²) in [6, 6.07) is 0. The second-order valence-electron chi connectivity index (χ2n) is 12.1. The summed E-state index contributed by atoms with van der Waals surface area (Å²) < 4.78 is 0. The average Bonchev–Trinajstić information content (AvgIpc) is 3.00. The van der Waals surface area contributed by atoms with Crippen molar-refractivity contribution >= 4 is 0 Å². The van der Waals surface area contributed by atoms with Crippen LogP contribution in [0.15, 0.2) is 11.6 Å². The highest BCUT2D eigenvalue weighted by atomic mass is 16.3. The predicted octanol–water partition coefficient (Wildman–Crippen LogP) is 7.39. The van der Waals surface area contributed by atoms with E-state index in [4.69, 9.17) is 0 Å². The van der Waals surface area contributed by atoms with E-state index in [-0.39, 0.29) is 11.5 Å². The Balaban J connectivity index is 1.52. The maximum atomic E-state index is 11.1. The van der Waals surface area contributed by atoms with Crippen LogP contribution in [0.2, 0.25) is 0 Å². The number of rotatable bonds is 5. The van der Waals surface area contributed by atoms with Gasteiger partial charge in [-0.3, -0.25) is 0 Å². The summed E-state index contributed by atoms with van der Waals surface area (Å²) in [5.74, 6) is 4.82. The molecule has 0 spiro atoms. The Bertz CT molecular complexity index is 591. The molecule has 0 aromatic carbocycles. The Hall–Kier alpha value is -0.300. The fourth-order valence-corrected chi connectivity index (χ4v) is 8.59. The largest absolute Gasteiger partial charge is 0.393 e. The van der Waals surface area contributed by atoms with Gasteiger partial charge in [0.05, 0.1) is 6.10 Å². The molecule has 4 rings (SSSR count). The third kappa shape index (κ3) is 3.23. The van der Waals surface area contributed by atoms with Crippen LogP contribution in [0.3, 0.4) is 0 Å². The smallest absolute Gasteiger partial charge is 0.0602 e. The van der Waals surface area contributed by atoms with Gasteiger partial charge in [-0.15, -0.1) is 0 Å². The molecule has 1 N–H and O–H groups in total. The zero-order chi connectivity index (χ0) is 20.1. The molecular weight excluding hydrogens is 340 g/mol. The topological polar surface area (TPSA) is 20.2 Å². The molecule has 0 heterocycles. The number of aliphatic hydroxyl groups excluding tert-OH is 1. The van der Waals surface area contributed by atoms with E-state index < -0.39 is 0 Å². The fraction of sp³-hybridized carbons (Fsp3) is 0.926. The third-order valence-electron chi connectivity index (χ3n) is 10.3. The molecule has 160 valence electrons. The maximum absolute atomic E-state index is 11.1. The van der Waals surface area contributed by atoms with Crippen LogP contribution in [0.25, 0.3) is 0 Å². The normalized spacial score (nSPS) is 46.5. The SMILES string of the molecule is CC(C)CCC[C@@H](C)[C@H]1CC[C@H]2C3=CC[C@@H]4CCCC(O)[C@]4(C)[C@H]3CC[C@]12C. The lowest BCUT2D eigenvalue weighted by atomic mass is 9.47. The molecule has 0 bridgehead atoms. The highest BCUT2D eigenvalue weighted by Crippen LogP contribution is 2.66. The van der Waals surface area contributed by atoms with E-state index in [1.165, 1.54) is 64.2 Å². The van der Waals surface area contributed by atoms with Crippen LogP contribution in [-0.2, 0) is 0 Å². The molecule has 3 fully saturated rings. The van der Waals surface area contributed by atoms with E-state index >= 15 is 0 Å². The molecular formula is C27H46O. The van der Waals surface area contributed by atoms with Crippen LogP contribution in [0.1, 0.15) is 105 Å². The molecule has 0 aliphatic heterocycles. The number of aliphatic hydroxyl groups is 1. The van der Waals surface area contributed by atoms with E-state index in [0.717, 1.165) is 36.0 Å². The zero-order valence-corrected chi connectivity index (χ0v) is 19.3. The van der Waals surface area contributed by atoms with Gasteiger partial charge in [-0.05, 0) is 85.9 Å². The zero-order valence-electron chi connectivity index (χ0n) is 19.3. The van der Waals surface area contributed by atoms with Crippen molar-refractivity contribution in [1.29, 1.82) is 0 Å². The number of hydrogen-bond donors (Lipinski definition) is 1. The molecule has 0 amide bonds. The summed E-state index contributed by atoms with van der Waals surface area (Å²) in [6.07, 6.45) is 17.3. The minimum absolute atomic E-state index is 0.0727. The van der Waals surface area contributed by atoms with Gasteiger partial charge in [0.25, 0.3) is 0 Å². The molecule has 0 saturated heterocycles. The van der Waals surface area contributed by atoms with Crippen molar-refractivity contribution in [2.75, 3.05) is 0 Å². The highest BCUT2D eigenvalue weighted by molar-refractivity contribution is 5.28. The lowest BCUT2D eigenvalue weighted by Gasteiger charge is -2.58. The van der Waals surface area contributed by atoms with Crippen LogP contribution in [0.4, 0.5) is 0 Å². The van der Waals surface area contributed by atoms with E-state index in [2.05, 4.69) is 40.7 Å². The lowest BCUT2D eigenvalue weighted by molar-refractivity contribution is -0.0959. The summed E-state index contributed by atoms with van der Waals surface area (Å²) in [6.45, 7) is 12.4. The molecule has 0 aromatic heterocycles. The second-order valence-corrected chi connectivity index (χ2v) is 12.1. The fourth-order valence-electron chi connectivity index (χ4n) is 8.59. The summed E-state index contributed by atoms with van der Waals surface area (Å²) >= 11 is 0. The summed E-state index contributed by atoms with van der Waals surface area (Å²) in [7, 11) is 0. The van der Waals surface area contributed by atoms with Crippen LogP contribution in [0, 0.1) is 46.3 Å². The van der Waals surface area contributed by atoms with Gasteiger partial charge in [0, 0.05) is 5.41 Å². The molecule has 4 aliphatic rings. The highest BCUT2D eigenvalue weighted by Gasteiger charge is 2.59. The Morgan fingerprint density at radius 3 is 2.54 bits per heavy atom. The Morgan fingerprint density at radius 2 is 1.79 bits per heavy atom. The second kappa shape index (κ2) is 7.75. The third-order valence-corrected chi connectivity index (χ3v) is 10.3. The standard InChI is InChI=1S/C27H46O/c1-18(2)8-6-9-19(3)22-14-15-23-21-13-12-20-10-7-11-25(28)27(20,5)24(21)16-17-26(22,23)4/h13,18-20,22-25,28H,6-12,14-17H2,1-5H3/t19-,20+,22-,23+,24+,25?,26-,27+/m1/s1. The number of fused-ring (bicyclic) bond motifs is 5. The minimum Gasteiger partial charge on any atom is -0.393 e. The van der Waals surface area contributed by atoms with E-state index in [1.807, 2.05) is 0 Å². The Labute approximate surface area is 174 Å². The van der Waals surface area contributed by atoms with Crippen molar-refractivity contribution in [2.24, 2.45) is 46.3 Å². The van der Waals surface area contributed by atoms with Crippen LogP contribution < -0.4 is 0 Å². The summed E-state index contributed by atoms with van der Waals surface area (Å²) in [5.41, 5.74) is 2.47. The van der Waals surface area contributed by atoms with Crippen molar-refractivity contribution in [1.82, 2.24) is 0 Å². The van der Waals surface area contributed by atoms with Gasteiger partial charge in [0.2, 0.25) is 0 Å². The quantitative estimate of drug-likeness (QED) is 0.488. The van der Waals surface area contributed by atoms with Gasteiger partial charge in [-0.25, -0.2) is 0 Å². The van der Waals surface area contributed by atoms with Crippen LogP contribution >= 0.6 is 0 Å². The Kier molecular flexibility index (Phi) is 5.80. The van der Waals surface area contributed by atoms with Crippen molar-refractivity contribution in [3.63, 3.8) is 0 Å². The molecule has 0 aromatic rings. The van der Waals surface area contributed by atoms with Gasteiger partial charge in [-0.2, -0.15) is 0 Å². The molecule has 4 aliphatic carbocycles. The molecule has 1 heteroatoms. The monoisotopic (exact) mass is 386 g/mol. The molecule has 8 atom stereocenters. The lowest BCUT2D eigenvalue weighted by Crippen LogP contribution is -2.54. The summed E-state index contributed by atoms with van der Waals surface area (Å²) in [4.78, 5) is 0. The van der Waals surface area contributed by atoms with Gasteiger partial charge in [-0.1, -0.05) is 72.0 Å². The van der Waals surface area contributed by atoms with E-state index in [9.17, 15) is 5.11 Å². The number of hydrogen-bond acceptors (Lipinski definition) is 1. The first-order valence-electron chi connectivity index (χ1n) is 12.7. The van der Waals surface area contributed by atoms with Crippen LogP contribution in [-0.4, -0.2) is 11.2 Å². The maximum Gasteiger partial charge on any atom is 0.0602 e. The molecule has 3 saturated carbocycles. The summed E-state index contributed by atoms with van der Waals surface area (Å²) in [5, 5.41) is 11.1. The molecule has 28 heavy (non-hydrogen) atoms. The molecule has 0 radical (unpaired) electrons. The van der Waals surface area contributed by atoms with Gasteiger partial charge in [0.1, 0.15) is 0 Å². The van der Waals surface area contributed by atoms with E-state index in [0.29, 0.717) is 11.3 Å². The van der Waals surface area contributed by atoms with E-state index in [1.54, 1.807) is 5.57 Å². The van der Waals surface area contributed by atoms with Crippen molar-refractivity contribution in [2.45, 2.75) is 111 Å². The average molecular weight is 387 g/mol. The first-order valence-corrected chi connectivity index (χ1v) is 12.7. The van der Waals surface area contributed by atoms with Crippen molar-refractivity contribution in [3.05, 3.63) is 11.6 Å².